The molecule has 1 fully saturated rings. The van der Waals surface area contributed by atoms with E-state index in [2.05, 4.69) is 29.4 Å². The largest absolute Gasteiger partial charge is 0.459 e. The lowest BCUT2D eigenvalue weighted by molar-refractivity contribution is -0.121. The molecule has 1 aromatic heterocycles. The fourth-order valence-corrected chi connectivity index (χ4v) is 2.95. The van der Waals surface area contributed by atoms with E-state index >= 15 is 0 Å². The van der Waals surface area contributed by atoms with E-state index in [1.54, 1.807) is 12.1 Å². The number of furan rings is 1. The van der Waals surface area contributed by atoms with Gasteiger partial charge in [-0.2, -0.15) is 0 Å². The van der Waals surface area contributed by atoms with Gasteiger partial charge >= 0.3 is 0 Å². The average Bonchev–Trinajstić information content (AvgIpc) is 3.14. The molecule has 0 aromatic carbocycles. The SMILES string of the molecule is CC(C)C(CNC(=O)CCCNC(=O)c1ccco1)N1CCOCC1. The maximum Gasteiger partial charge on any atom is 0.286 e. The van der Waals surface area contributed by atoms with Gasteiger partial charge in [0, 0.05) is 38.6 Å². The van der Waals surface area contributed by atoms with Gasteiger partial charge in [0.15, 0.2) is 5.76 Å². The van der Waals surface area contributed by atoms with Crippen LogP contribution in [0.5, 0.6) is 0 Å². The van der Waals surface area contributed by atoms with Gasteiger partial charge in [-0.15, -0.1) is 0 Å². The molecule has 0 bridgehead atoms. The van der Waals surface area contributed by atoms with Crippen molar-refractivity contribution in [3.05, 3.63) is 24.2 Å². The van der Waals surface area contributed by atoms with Crippen molar-refractivity contribution in [2.75, 3.05) is 39.4 Å². The highest BCUT2D eigenvalue weighted by atomic mass is 16.5. The molecule has 2 rings (SSSR count). The van der Waals surface area contributed by atoms with Gasteiger partial charge in [0.1, 0.15) is 0 Å². The second-order valence-corrected chi connectivity index (χ2v) is 6.60. The van der Waals surface area contributed by atoms with E-state index in [-0.39, 0.29) is 17.6 Å². The van der Waals surface area contributed by atoms with E-state index < -0.39 is 0 Å². The first-order valence-electron chi connectivity index (χ1n) is 8.98. The van der Waals surface area contributed by atoms with Crippen LogP contribution < -0.4 is 10.6 Å². The number of morpholine rings is 1. The molecule has 1 unspecified atom stereocenters. The minimum Gasteiger partial charge on any atom is -0.459 e. The maximum absolute atomic E-state index is 12.0. The summed E-state index contributed by atoms with van der Waals surface area (Å²) in [6, 6.07) is 3.60. The van der Waals surface area contributed by atoms with E-state index in [9.17, 15) is 9.59 Å². The highest BCUT2D eigenvalue weighted by Crippen LogP contribution is 2.12. The number of amides is 2. The van der Waals surface area contributed by atoms with E-state index in [1.165, 1.54) is 6.26 Å². The minimum absolute atomic E-state index is 0.0196. The van der Waals surface area contributed by atoms with Gasteiger partial charge in [0.05, 0.1) is 19.5 Å². The zero-order valence-electron chi connectivity index (χ0n) is 15.1. The molecule has 7 heteroatoms. The van der Waals surface area contributed by atoms with E-state index in [0.29, 0.717) is 37.9 Å². The number of rotatable bonds is 9. The standard InChI is InChI=1S/C18H29N3O4/c1-14(2)15(21-8-11-24-12-9-21)13-20-17(22)6-3-7-19-18(23)16-5-4-10-25-16/h4-5,10,14-15H,3,6-9,11-13H2,1-2H3,(H,19,23)(H,20,22). The molecule has 0 spiro atoms. The summed E-state index contributed by atoms with van der Waals surface area (Å²) in [4.78, 5) is 26.1. The van der Waals surface area contributed by atoms with Crippen LogP contribution in [0, 0.1) is 5.92 Å². The van der Waals surface area contributed by atoms with Gasteiger partial charge in [-0.1, -0.05) is 13.8 Å². The summed E-state index contributed by atoms with van der Waals surface area (Å²) in [6.45, 7) is 8.79. The number of hydrogen-bond acceptors (Lipinski definition) is 5. The highest BCUT2D eigenvalue weighted by Gasteiger charge is 2.24. The molecule has 2 amide bonds. The van der Waals surface area contributed by atoms with Crippen LogP contribution in [-0.2, 0) is 9.53 Å². The van der Waals surface area contributed by atoms with Gasteiger partial charge < -0.3 is 19.8 Å². The molecule has 0 saturated carbocycles. The van der Waals surface area contributed by atoms with Gasteiger partial charge in [-0.3, -0.25) is 14.5 Å². The van der Waals surface area contributed by atoms with Crippen LogP contribution >= 0.6 is 0 Å². The lowest BCUT2D eigenvalue weighted by Crippen LogP contribution is -2.51. The number of nitrogens with one attached hydrogen (secondary N) is 2. The Hall–Kier alpha value is -1.86. The predicted molar refractivity (Wildman–Crippen MR) is 94.3 cm³/mol. The zero-order chi connectivity index (χ0) is 18.1. The molecule has 1 aliphatic heterocycles. The molecule has 1 atom stereocenters. The van der Waals surface area contributed by atoms with Crippen molar-refractivity contribution in [3.63, 3.8) is 0 Å². The first-order valence-corrected chi connectivity index (χ1v) is 8.98. The Balaban J connectivity index is 1.62. The Morgan fingerprint density at radius 1 is 1.24 bits per heavy atom. The minimum atomic E-state index is -0.252. The van der Waals surface area contributed by atoms with Crippen LogP contribution in [0.3, 0.4) is 0 Å². The summed E-state index contributed by atoms with van der Waals surface area (Å²) in [5, 5.41) is 5.76. The Morgan fingerprint density at radius 2 is 2.00 bits per heavy atom. The molecule has 1 aromatic rings. The molecule has 0 radical (unpaired) electrons. The second-order valence-electron chi connectivity index (χ2n) is 6.60. The molecule has 140 valence electrons. The number of carbonyl (C=O) groups is 2. The monoisotopic (exact) mass is 351 g/mol. The van der Waals surface area contributed by atoms with E-state index in [4.69, 9.17) is 9.15 Å². The fourth-order valence-electron chi connectivity index (χ4n) is 2.95. The molecule has 25 heavy (non-hydrogen) atoms. The molecule has 1 saturated heterocycles. The number of ether oxygens (including phenoxy) is 1. The zero-order valence-corrected chi connectivity index (χ0v) is 15.1. The van der Waals surface area contributed by atoms with Crippen LogP contribution in [-0.4, -0.2) is 62.1 Å². The van der Waals surface area contributed by atoms with Crippen molar-refractivity contribution < 1.29 is 18.7 Å². The van der Waals surface area contributed by atoms with Crippen LogP contribution in [0.4, 0.5) is 0 Å². The number of carbonyl (C=O) groups excluding carboxylic acids is 2. The molecule has 7 nitrogen and oxygen atoms in total. The van der Waals surface area contributed by atoms with Gasteiger partial charge in [-0.05, 0) is 24.5 Å². The van der Waals surface area contributed by atoms with Crippen molar-refractivity contribution in [3.8, 4) is 0 Å². The predicted octanol–water partition coefficient (Wildman–Crippen LogP) is 1.26. The van der Waals surface area contributed by atoms with Crippen molar-refractivity contribution in [1.82, 2.24) is 15.5 Å². The lowest BCUT2D eigenvalue weighted by atomic mass is 10.0. The van der Waals surface area contributed by atoms with Gasteiger partial charge in [0.2, 0.25) is 5.91 Å². The smallest absolute Gasteiger partial charge is 0.286 e. The number of hydrogen-bond donors (Lipinski definition) is 2. The topological polar surface area (TPSA) is 83.8 Å². The van der Waals surface area contributed by atoms with Crippen molar-refractivity contribution >= 4 is 11.8 Å². The summed E-state index contributed by atoms with van der Waals surface area (Å²) < 4.78 is 10.4. The first kappa shape index (κ1) is 19.5. The first-order chi connectivity index (χ1) is 12.1. The quantitative estimate of drug-likeness (QED) is 0.655. The van der Waals surface area contributed by atoms with Crippen molar-refractivity contribution in [2.45, 2.75) is 32.7 Å². The Kier molecular flexibility index (Phi) is 7.94. The molecular weight excluding hydrogens is 322 g/mol. The van der Waals surface area contributed by atoms with Gasteiger partial charge in [0.25, 0.3) is 5.91 Å². The fraction of sp³-hybridized carbons (Fsp3) is 0.667. The van der Waals surface area contributed by atoms with Crippen LogP contribution in [0.25, 0.3) is 0 Å². The van der Waals surface area contributed by atoms with Crippen molar-refractivity contribution in [2.24, 2.45) is 5.92 Å². The molecule has 2 heterocycles. The Morgan fingerprint density at radius 3 is 2.64 bits per heavy atom. The summed E-state index contributed by atoms with van der Waals surface area (Å²) >= 11 is 0. The summed E-state index contributed by atoms with van der Waals surface area (Å²) in [5.74, 6) is 0.518. The highest BCUT2D eigenvalue weighted by molar-refractivity contribution is 5.91. The van der Waals surface area contributed by atoms with E-state index in [0.717, 1.165) is 26.3 Å². The average molecular weight is 351 g/mol. The number of nitrogens with zero attached hydrogens (tertiary/aromatic N) is 1. The molecular formula is C18H29N3O4. The van der Waals surface area contributed by atoms with Gasteiger partial charge in [-0.25, -0.2) is 0 Å². The van der Waals surface area contributed by atoms with Crippen molar-refractivity contribution in [1.29, 1.82) is 0 Å². The Bertz CT molecular complexity index is 524. The normalized spacial score (nSPS) is 16.6. The lowest BCUT2D eigenvalue weighted by Gasteiger charge is -2.36. The van der Waals surface area contributed by atoms with E-state index in [1.807, 2.05) is 0 Å². The summed E-state index contributed by atoms with van der Waals surface area (Å²) in [5.41, 5.74) is 0. The summed E-state index contributed by atoms with van der Waals surface area (Å²) in [6.07, 6.45) is 2.45. The van der Waals surface area contributed by atoms with Crippen LogP contribution in [0.2, 0.25) is 0 Å². The third-order valence-corrected chi connectivity index (χ3v) is 4.40. The maximum atomic E-state index is 12.0. The Labute approximate surface area is 149 Å². The third kappa shape index (κ3) is 6.51. The second kappa shape index (κ2) is 10.2. The molecule has 2 N–H and O–H groups in total. The molecule has 0 aliphatic carbocycles. The molecule has 1 aliphatic rings. The summed E-state index contributed by atoms with van der Waals surface area (Å²) in [7, 11) is 0. The van der Waals surface area contributed by atoms with Crippen LogP contribution in [0.1, 0.15) is 37.2 Å². The third-order valence-electron chi connectivity index (χ3n) is 4.40. The van der Waals surface area contributed by atoms with Crippen LogP contribution in [0.15, 0.2) is 22.8 Å².